The molecule has 1 aromatic carbocycles. The van der Waals surface area contributed by atoms with Gasteiger partial charge < -0.3 is 19.8 Å². The van der Waals surface area contributed by atoms with Gasteiger partial charge in [0.25, 0.3) is 5.91 Å². The summed E-state index contributed by atoms with van der Waals surface area (Å²) in [4.78, 5) is 23.8. The van der Waals surface area contributed by atoms with Crippen LogP contribution in [0.25, 0.3) is 0 Å². The Kier molecular flexibility index (Phi) is 5.29. The highest BCUT2D eigenvalue weighted by Crippen LogP contribution is 2.15. The summed E-state index contributed by atoms with van der Waals surface area (Å²) in [7, 11) is 1.41. The molecule has 0 fully saturated rings. The molecule has 0 spiro atoms. The summed E-state index contributed by atoms with van der Waals surface area (Å²) in [5.41, 5.74) is 0.665. The number of carboxylic acids is 1. The third-order valence-corrected chi connectivity index (χ3v) is 2.32. The maximum atomic E-state index is 11.7. The summed E-state index contributed by atoms with van der Waals surface area (Å²) in [5.74, 6) is -1.33. The Labute approximate surface area is 104 Å². The van der Waals surface area contributed by atoms with E-state index in [9.17, 15) is 9.59 Å². The van der Waals surface area contributed by atoms with Gasteiger partial charge >= 0.3 is 5.97 Å². The number of carboxylic acid groups (broad SMARTS) is 1. The Hall–Kier alpha value is -1.92. The van der Waals surface area contributed by atoms with Crippen molar-refractivity contribution in [2.75, 3.05) is 31.8 Å². The number of rotatable bonds is 6. The first kappa shape index (κ1) is 14.1. The molecule has 0 bridgehead atoms. The first-order valence-corrected chi connectivity index (χ1v) is 5.33. The molecule has 1 rings (SSSR count). The number of benzene rings is 1. The lowest BCUT2D eigenvalue weighted by Crippen LogP contribution is -2.36. The summed E-state index contributed by atoms with van der Waals surface area (Å²) in [5, 5.41) is 17.7. The maximum Gasteiger partial charge on any atom is 0.335 e. The van der Waals surface area contributed by atoms with Crippen LogP contribution in [-0.2, 0) is 9.53 Å². The molecule has 0 aliphatic heterocycles. The van der Waals surface area contributed by atoms with Gasteiger partial charge in [-0.1, -0.05) is 0 Å². The number of methoxy groups -OCH3 is 1. The van der Waals surface area contributed by atoms with Gasteiger partial charge in [0.2, 0.25) is 0 Å². The minimum absolute atomic E-state index is 0.0965. The summed E-state index contributed by atoms with van der Waals surface area (Å²) in [6.45, 7) is -0.147. The van der Waals surface area contributed by atoms with Gasteiger partial charge in [-0.25, -0.2) is 4.79 Å². The van der Waals surface area contributed by atoms with Crippen LogP contribution in [0.5, 0.6) is 0 Å². The van der Waals surface area contributed by atoms with Crippen molar-refractivity contribution in [1.29, 1.82) is 0 Å². The average molecular weight is 253 g/mol. The summed E-state index contributed by atoms with van der Waals surface area (Å²) >= 11 is 0. The number of hydrogen-bond donors (Lipinski definition) is 2. The lowest BCUT2D eigenvalue weighted by Gasteiger charge is -2.21. The molecule has 6 nitrogen and oxygen atoms in total. The second kappa shape index (κ2) is 6.73. The summed E-state index contributed by atoms with van der Waals surface area (Å²) < 4.78 is 4.75. The van der Waals surface area contributed by atoms with Crippen molar-refractivity contribution in [2.24, 2.45) is 0 Å². The van der Waals surface area contributed by atoms with E-state index in [0.717, 1.165) is 0 Å². The monoisotopic (exact) mass is 253 g/mol. The van der Waals surface area contributed by atoms with Gasteiger partial charge in [0.05, 0.1) is 12.2 Å². The Morgan fingerprint density at radius 3 is 2.33 bits per heavy atom. The van der Waals surface area contributed by atoms with Crippen LogP contribution in [0.3, 0.4) is 0 Å². The van der Waals surface area contributed by atoms with E-state index in [4.69, 9.17) is 14.9 Å². The molecule has 0 heterocycles. The molecular formula is C12H15NO5. The molecule has 18 heavy (non-hydrogen) atoms. The van der Waals surface area contributed by atoms with Gasteiger partial charge in [-0.3, -0.25) is 4.79 Å². The minimum atomic E-state index is -1.03. The molecule has 0 aromatic heterocycles. The van der Waals surface area contributed by atoms with E-state index >= 15 is 0 Å². The normalized spacial score (nSPS) is 10.1. The van der Waals surface area contributed by atoms with E-state index in [1.807, 2.05) is 0 Å². The van der Waals surface area contributed by atoms with Gasteiger partial charge in [-0.2, -0.15) is 0 Å². The van der Waals surface area contributed by atoms with Crippen LogP contribution in [0.15, 0.2) is 24.3 Å². The number of carbonyl (C=O) groups is 2. The second-order valence-corrected chi connectivity index (χ2v) is 3.55. The number of ether oxygens (including phenoxy) is 1. The van der Waals surface area contributed by atoms with Crippen molar-refractivity contribution in [2.45, 2.75) is 0 Å². The van der Waals surface area contributed by atoms with Crippen molar-refractivity contribution in [3.8, 4) is 0 Å². The van der Waals surface area contributed by atoms with Gasteiger partial charge in [-0.15, -0.1) is 0 Å². The average Bonchev–Trinajstić information content (AvgIpc) is 2.36. The van der Waals surface area contributed by atoms with Crippen LogP contribution in [0.2, 0.25) is 0 Å². The van der Waals surface area contributed by atoms with Crippen molar-refractivity contribution in [1.82, 2.24) is 0 Å². The van der Waals surface area contributed by atoms with Crippen LogP contribution in [0.4, 0.5) is 5.69 Å². The lowest BCUT2D eigenvalue weighted by molar-refractivity contribution is -0.122. The Bertz CT molecular complexity index is 415. The first-order valence-electron chi connectivity index (χ1n) is 5.33. The largest absolute Gasteiger partial charge is 0.478 e. The molecule has 0 aliphatic rings. The molecule has 2 N–H and O–H groups in total. The van der Waals surface area contributed by atoms with Gasteiger partial charge in [-0.05, 0) is 24.3 Å². The zero-order valence-corrected chi connectivity index (χ0v) is 10.00. The van der Waals surface area contributed by atoms with Gasteiger partial charge in [0.1, 0.15) is 6.61 Å². The highest BCUT2D eigenvalue weighted by Gasteiger charge is 2.15. The van der Waals surface area contributed by atoms with Crippen molar-refractivity contribution in [3.05, 3.63) is 29.8 Å². The molecule has 1 amide bonds. The number of aromatic carboxylic acids is 1. The van der Waals surface area contributed by atoms with Crippen LogP contribution >= 0.6 is 0 Å². The minimum Gasteiger partial charge on any atom is -0.478 e. The fourth-order valence-corrected chi connectivity index (χ4v) is 1.48. The Balaban J connectivity index is 2.91. The molecule has 0 saturated heterocycles. The second-order valence-electron chi connectivity index (χ2n) is 3.55. The summed E-state index contributed by atoms with van der Waals surface area (Å²) in [6, 6.07) is 5.85. The Morgan fingerprint density at radius 2 is 1.89 bits per heavy atom. The highest BCUT2D eigenvalue weighted by atomic mass is 16.5. The molecular weight excluding hydrogens is 238 g/mol. The number of aliphatic hydroxyl groups is 1. The van der Waals surface area contributed by atoms with E-state index in [-0.39, 0.29) is 31.2 Å². The van der Waals surface area contributed by atoms with Crippen LogP contribution < -0.4 is 4.90 Å². The van der Waals surface area contributed by atoms with Crippen LogP contribution in [0, 0.1) is 0 Å². The topological polar surface area (TPSA) is 87.1 Å². The van der Waals surface area contributed by atoms with Crippen LogP contribution in [-0.4, -0.2) is 49.0 Å². The number of nitrogens with zero attached hydrogens (tertiary/aromatic N) is 1. The van der Waals surface area contributed by atoms with Crippen molar-refractivity contribution >= 4 is 17.6 Å². The number of aliphatic hydroxyl groups excluding tert-OH is 1. The predicted octanol–water partition coefficient (Wildman–Crippen LogP) is 0.356. The van der Waals surface area contributed by atoms with E-state index < -0.39 is 5.97 Å². The third kappa shape index (κ3) is 3.54. The number of anilines is 1. The molecule has 0 atom stereocenters. The predicted molar refractivity (Wildman–Crippen MR) is 64.7 cm³/mol. The molecule has 98 valence electrons. The molecule has 0 unspecified atom stereocenters. The molecule has 6 heteroatoms. The molecule has 0 aliphatic carbocycles. The number of carbonyl (C=O) groups excluding carboxylic acids is 1. The standard InChI is InChI=1S/C12H15NO5/c1-18-8-11(15)13(6-7-14)10-4-2-9(3-5-10)12(16)17/h2-5,14H,6-8H2,1H3,(H,16,17). The van der Waals surface area contributed by atoms with Crippen molar-refractivity contribution < 1.29 is 24.5 Å². The fraction of sp³-hybridized carbons (Fsp3) is 0.333. The third-order valence-electron chi connectivity index (χ3n) is 2.32. The zero-order chi connectivity index (χ0) is 13.5. The van der Waals surface area contributed by atoms with E-state index in [1.165, 1.54) is 36.3 Å². The van der Waals surface area contributed by atoms with Crippen LogP contribution in [0.1, 0.15) is 10.4 Å². The molecule has 1 aromatic rings. The first-order chi connectivity index (χ1) is 8.60. The molecule has 0 saturated carbocycles. The quantitative estimate of drug-likeness (QED) is 0.764. The number of hydrogen-bond acceptors (Lipinski definition) is 4. The van der Waals surface area contributed by atoms with E-state index in [2.05, 4.69) is 0 Å². The van der Waals surface area contributed by atoms with E-state index in [1.54, 1.807) is 0 Å². The van der Waals surface area contributed by atoms with E-state index in [0.29, 0.717) is 5.69 Å². The fourth-order valence-electron chi connectivity index (χ4n) is 1.48. The summed E-state index contributed by atoms with van der Waals surface area (Å²) in [6.07, 6.45) is 0. The molecule has 0 radical (unpaired) electrons. The smallest absolute Gasteiger partial charge is 0.335 e. The zero-order valence-electron chi connectivity index (χ0n) is 10.00. The van der Waals surface area contributed by atoms with Gasteiger partial charge in [0.15, 0.2) is 0 Å². The van der Waals surface area contributed by atoms with Crippen molar-refractivity contribution in [3.63, 3.8) is 0 Å². The number of amides is 1. The van der Waals surface area contributed by atoms with Gasteiger partial charge in [0, 0.05) is 19.3 Å². The Morgan fingerprint density at radius 1 is 1.28 bits per heavy atom. The highest BCUT2D eigenvalue weighted by molar-refractivity contribution is 5.95. The SMILES string of the molecule is COCC(=O)N(CCO)c1ccc(C(=O)O)cc1. The lowest BCUT2D eigenvalue weighted by atomic mass is 10.2. The maximum absolute atomic E-state index is 11.7.